The van der Waals surface area contributed by atoms with Gasteiger partial charge in [0.15, 0.2) is 0 Å². The summed E-state index contributed by atoms with van der Waals surface area (Å²) in [5.74, 6) is -0.400. The summed E-state index contributed by atoms with van der Waals surface area (Å²) in [7, 11) is 0. The number of carbonyl (C=O) groups excluding carboxylic acids is 1. The van der Waals surface area contributed by atoms with E-state index in [2.05, 4.69) is 18.0 Å². The number of hydrogen-bond acceptors (Lipinski definition) is 5. The lowest BCUT2D eigenvalue weighted by atomic mass is 9.99. The summed E-state index contributed by atoms with van der Waals surface area (Å²) in [5, 5.41) is 2.53. The van der Waals surface area contributed by atoms with Crippen LogP contribution in [0.4, 0.5) is 0 Å². The molecule has 2 heterocycles. The number of unbranched alkanes of at least 4 members (excludes halogenated alkanes) is 2. The first-order valence-electron chi connectivity index (χ1n) is 9.66. The van der Waals surface area contributed by atoms with Crippen LogP contribution >= 0.6 is 11.3 Å². The maximum atomic E-state index is 13.2. The van der Waals surface area contributed by atoms with Crippen molar-refractivity contribution in [2.24, 2.45) is 0 Å². The molecule has 148 valence electrons. The van der Waals surface area contributed by atoms with Crippen molar-refractivity contribution in [3.8, 4) is 11.1 Å². The molecule has 2 aromatic heterocycles. The zero-order chi connectivity index (χ0) is 20.3. The zero-order valence-electron chi connectivity index (χ0n) is 16.8. The van der Waals surface area contributed by atoms with Crippen molar-refractivity contribution in [2.45, 2.75) is 53.0 Å². The standard InChI is InChI=1S/C22H26N2O3S/c1-5-6-7-10-27-22(26)16(4)24-13-23-20-19(21(24)25)18(12-28-20)17-9-8-14(2)11-15(17)3/h8-9,11-13,16H,5-7,10H2,1-4H3. The molecule has 0 saturated heterocycles. The normalized spacial score (nSPS) is 12.3. The van der Waals surface area contributed by atoms with Gasteiger partial charge in [0.1, 0.15) is 10.9 Å². The first-order chi connectivity index (χ1) is 13.4. The van der Waals surface area contributed by atoms with Crippen molar-refractivity contribution in [3.05, 3.63) is 51.4 Å². The number of aryl methyl sites for hydroxylation is 2. The Balaban J connectivity index is 1.97. The lowest BCUT2D eigenvalue weighted by molar-refractivity contribution is -0.147. The molecule has 1 aromatic carbocycles. The van der Waals surface area contributed by atoms with E-state index in [1.165, 1.54) is 27.8 Å². The van der Waals surface area contributed by atoms with Gasteiger partial charge in [0.25, 0.3) is 5.56 Å². The molecule has 1 unspecified atom stereocenters. The molecule has 5 nitrogen and oxygen atoms in total. The minimum absolute atomic E-state index is 0.209. The topological polar surface area (TPSA) is 61.2 Å². The number of esters is 1. The highest BCUT2D eigenvalue weighted by atomic mass is 32.1. The van der Waals surface area contributed by atoms with E-state index in [0.717, 1.165) is 36.0 Å². The first-order valence-corrected chi connectivity index (χ1v) is 10.5. The number of rotatable bonds is 7. The Morgan fingerprint density at radius 3 is 2.75 bits per heavy atom. The predicted octanol–water partition coefficient (Wildman–Crippen LogP) is 5.04. The second-order valence-electron chi connectivity index (χ2n) is 7.16. The summed E-state index contributed by atoms with van der Waals surface area (Å²) >= 11 is 1.44. The van der Waals surface area contributed by atoms with Crippen LogP contribution in [-0.4, -0.2) is 22.1 Å². The summed E-state index contributed by atoms with van der Waals surface area (Å²) in [6, 6.07) is 5.47. The maximum absolute atomic E-state index is 13.2. The Morgan fingerprint density at radius 2 is 2.04 bits per heavy atom. The fourth-order valence-electron chi connectivity index (χ4n) is 3.29. The van der Waals surface area contributed by atoms with E-state index in [1.54, 1.807) is 6.92 Å². The maximum Gasteiger partial charge on any atom is 0.328 e. The summed E-state index contributed by atoms with van der Waals surface area (Å²) in [5.41, 5.74) is 3.96. The third-order valence-electron chi connectivity index (χ3n) is 4.94. The second-order valence-corrected chi connectivity index (χ2v) is 8.01. The summed E-state index contributed by atoms with van der Waals surface area (Å²) < 4.78 is 6.71. The quantitative estimate of drug-likeness (QED) is 0.413. The van der Waals surface area contributed by atoms with Gasteiger partial charge < -0.3 is 4.74 Å². The van der Waals surface area contributed by atoms with Gasteiger partial charge in [-0.25, -0.2) is 9.78 Å². The third kappa shape index (κ3) is 4.02. The van der Waals surface area contributed by atoms with E-state index < -0.39 is 12.0 Å². The van der Waals surface area contributed by atoms with Crippen LogP contribution < -0.4 is 5.56 Å². The monoisotopic (exact) mass is 398 g/mol. The number of ether oxygens (including phenoxy) is 1. The van der Waals surface area contributed by atoms with Gasteiger partial charge in [-0.3, -0.25) is 9.36 Å². The van der Waals surface area contributed by atoms with Crippen LogP contribution in [0.25, 0.3) is 21.3 Å². The Morgan fingerprint density at radius 1 is 1.25 bits per heavy atom. The lowest BCUT2D eigenvalue weighted by Gasteiger charge is -2.14. The van der Waals surface area contributed by atoms with E-state index in [0.29, 0.717) is 16.8 Å². The fraction of sp³-hybridized carbons (Fsp3) is 0.409. The largest absolute Gasteiger partial charge is 0.464 e. The van der Waals surface area contributed by atoms with Gasteiger partial charge in [0.05, 0.1) is 18.3 Å². The van der Waals surface area contributed by atoms with Crippen LogP contribution in [0.5, 0.6) is 0 Å². The minimum atomic E-state index is -0.710. The molecule has 6 heteroatoms. The molecule has 3 aromatic rings. The highest BCUT2D eigenvalue weighted by molar-refractivity contribution is 7.17. The zero-order valence-corrected chi connectivity index (χ0v) is 17.6. The Kier molecular flexibility index (Phi) is 6.29. The van der Waals surface area contributed by atoms with Crippen molar-refractivity contribution < 1.29 is 9.53 Å². The molecule has 0 N–H and O–H groups in total. The molecule has 0 saturated carbocycles. The number of nitrogens with zero attached hydrogens (tertiary/aromatic N) is 2. The molecule has 3 rings (SSSR count). The molecule has 1 atom stereocenters. The van der Waals surface area contributed by atoms with Gasteiger partial charge in [-0.2, -0.15) is 0 Å². The number of hydrogen-bond donors (Lipinski definition) is 0. The molecule has 0 aliphatic carbocycles. The van der Waals surface area contributed by atoms with Gasteiger partial charge in [-0.1, -0.05) is 43.5 Å². The number of fused-ring (bicyclic) bond motifs is 1. The van der Waals surface area contributed by atoms with E-state index in [-0.39, 0.29) is 5.56 Å². The van der Waals surface area contributed by atoms with Gasteiger partial charge >= 0.3 is 5.97 Å². The van der Waals surface area contributed by atoms with Crippen LogP contribution in [0.15, 0.2) is 34.7 Å². The van der Waals surface area contributed by atoms with Crippen LogP contribution in [0.2, 0.25) is 0 Å². The molecule has 0 aliphatic heterocycles. The number of carbonyl (C=O) groups is 1. The van der Waals surface area contributed by atoms with Crippen LogP contribution in [0, 0.1) is 13.8 Å². The molecule has 0 aliphatic rings. The number of benzene rings is 1. The fourth-order valence-corrected chi connectivity index (χ4v) is 4.19. The summed E-state index contributed by atoms with van der Waals surface area (Å²) in [6.07, 6.45) is 4.36. The minimum Gasteiger partial charge on any atom is -0.464 e. The highest BCUT2D eigenvalue weighted by Gasteiger charge is 2.21. The van der Waals surface area contributed by atoms with E-state index in [1.807, 2.05) is 31.4 Å². The molecular weight excluding hydrogens is 372 g/mol. The Bertz CT molecular complexity index is 1050. The average Bonchev–Trinajstić information content (AvgIpc) is 3.09. The molecule has 28 heavy (non-hydrogen) atoms. The van der Waals surface area contributed by atoms with Crippen molar-refractivity contribution in [1.29, 1.82) is 0 Å². The van der Waals surface area contributed by atoms with Crippen molar-refractivity contribution in [3.63, 3.8) is 0 Å². The SMILES string of the molecule is CCCCCOC(=O)C(C)n1cnc2scc(-c3ccc(C)cc3C)c2c1=O. The second kappa shape index (κ2) is 8.69. The number of thiophene rings is 1. The summed E-state index contributed by atoms with van der Waals surface area (Å²) in [6.45, 7) is 8.24. The van der Waals surface area contributed by atoms with E-state index in [9.17, 15) is 9.59 Å². The van der Waals surface area contributed by atoms with Gasteiger partial charge in [-0.15, -0.1) is 11.3 Å². The third-order valence-corrected chi connectivity index (χ3v) is 5.83. The van der Waals surface area contributed by atoms with Crippen LogP contribution in [-0.2, 0) is 9.53 Å². The van der Waals surface area contributed by atoms with Gasteiger partial charge in [0, 0.05) is 10.9 Å². The van der Waals surface area contributed by atoms with Crippen molar-refractivity contribution in [2.75, 3.05) is 6.61 Å². The Hall–Kier alpha value is -2.47. The van der Waals surface area contributed by atoms with Gasteiger partial charge in [0.2, 0.25) is 0 Å². The molecular formula is C22H26N2O3S. The lowest BCUT2D eigenvalue weighted by Crippen LogP contribution is -2.29. The van der Waals surface area contributed by atoms with Gasteiger partial charge in [-0.05, 0) is 38.3 Å². The molecule has 0 radical (unpaired) electrons. The van der Waals surface area contributed by atoms with Crippen molar-refractivity contribution in [1.82, 2.24) is 9.55 Å². The molecule has 0 amide bonds. The Labute approximate surface area is 169 Å². The van der Waals surface area contributed by atoms with Crippen molar-refractivity contribution >= 4 is 27.5 Å². The van der Waals surface area contributed by atoms with E-state index in [4.69, 9.17) is 4.74 Å². The predicted molar refractivity (Wildman–Crippen MR) is 114 cm³/mol. The summed E-state index contributed by atoms with van der Waals surface area (Å²) in [4.78, 5) is 30.7. The molecule has 0 fully saturated rings. The number of aromatic nitrogens is 2. The smallest absolute Gasteiger partial charge is 0.328 e. The molecule has 0 bridgehead atoms. The molecule has 0 spiro atoms. The van der Waals surface area contributed by atoms with Crippen LogP contribution in [0.3, 0.4) is 0 Å². The van der Waals surface area contributed by atoms with Crippen LogP contribution in [0.1, 0.15) is 50.3 Å². The highest BCUT2D eigenvalue weighted by Crippen LogP contribution is 2.33. The van der Waals surface area contributed by atoms with E-state index >= 15 is 0 Å². The average molecular weight is 399 g/mol. The first kappa shape index (κ1) is 20.3.